The fourth-order valence-electron chi connectivity index (χ4n) is 3.05. The molecule has 1 aliphatic heterocycles. The molecule has 4 heteroatoms. The first-order chi connectivity index (χ1) is 9.25. The van der Waals surface area contributed by atoms with Crippen LogP contribution >= 0.6 is 0 Å². The summed E-state index contributed by atoms with van der Waals surface area (Å²) in [5.41, 5.74) is 0.672. The molecule has 2 aliphatic rings. The Morgan fingerprint density at radius 3 is 2.74 bits per heavy atom. The van der Waals surface area contributed by atoms with Crippen LogP contribution in [0.2, 0.25) is 0 Å². The number of nitrogens with one attached hydrogen (secondary N) is 1. The van der Waals surface area contributed by atoms with Gasteiger partial charge in [0.2, 0.25) is 0 Å². The van der Waals surface area contributed by atoms with Crippen molar-refractivity contribution in [1.29, 1.82) is 0 Å². The van der Waals surface area contributed by atoms with Crippen molar-refractivity contribution in [2.75, 3.05) is 26.2 Å². The van der Waals surface area contributed by atoms with E-state index < -0.39 is 11.6 Å². The van der Waals surface area contributed by atoms with Crippen LogP contribution in [0.4, 0.5) is 8.78 Å². The summed E-state index contributed by atoms with van der Waals surface area (Å²) in [4.78, 5) is 2.37. The third-order valence-electron chi connectivity index (χ3n) is 4.12. The van der Waals surface area contributed by atoms with Gasteiger partial charge in [-0.15, -0.1) is 0 Å². The number of nitrogens with zero attached hydrogens (tertiary/aromatic N) is 1. The van der Waals surface area contributed by atoms with Crippen LogP contribution in [0, 0.1) is 17.6 Å². The van der Waals surface area contributed by atoms with E-state index in [0.717, 1.165) is 51.5 Å². The smallest absolute Gasteiger partial charge is 0.130 e. The van der Waals surface area contributed by atoms with E-state index in [4.69, 9.17) is 0 Å². The largest absolute Gasteiger partial charge is 0.315 e. The van der Waals surface area contributed by atoms with E-state index in [0.29, 0.717) is 11.5 Å². The summed E-state index contributed by atoms with van der Waals surface area (Å²) in [5, 5.41) is 3.37. The molecule has 1 unspecified atom stereocenters. The lowest BCUT2D eigenvalue weighted by Crippen LogP contribution is -2.34. The lowest BCUT2D eigenvalue weighted by molar-refractivity contribution is 0.185. The monoisotopic (exact) mass is 266 g/mol. The Bertz CT molecular complexity index is 438. The molecule has 1 heterocycles. The third kappa shape index (κ3) is 2.95. The molecular weight excluding hydrogens is 246 g/mol. The van der Waals surface area contributed by atoms with Gasteiger partial charge in [-0.2, -0.15) is 0 Å². The second-order valence-corrected chi connectivity index (χ2v) is 5.59. The molecule has 1 atom stereocenters. The van der Waals surface area contributed by atoms with Gasteiger partial charge in [-0.25, -0.2) is 8.78 Å². The quantitative estimate of drug-likeness (QED) is 0.905. The normalized spacial score (nSPS) is 23.1. The Morgan fingerprint density at radius 2 is 2.00 bits per heavy atom. The first-order valence-corrected chi connectivity index (χ1v) is 7.15. The van der Waals surface area contributed by atoms with Gasteiger partial charge in [0.05, 0.1) is 0 Å². The minimum atomic E-state index is -0.492. The molecule has 1 aliphatic carbocycles. The number of rotatable bonds is 3. The maximum Gasteiger partial charge on any atom is 0.130 e. The molecule has 104 valence electrons. The Hall–Kier alpha value is -1.00. The first kappa shape index (κ1) is 13.0. The van der Waals surface area contributed by atoms with Crippen LogP contribution in [0.3, 0.4) is 0 Å². The summed E-state index contributed by atoms with van der Waals surface area (Å²) < 4.78 is 27.1. The second kappa shape index (κ2) is 5.55. The Morgan fingerprint density at radius 1 is 1.16 bits per heavy atom. The predicted octanol–water partition coefficient (Wildman–Crippen LogP) is 2.71. The van der Waals surface area contributed by atoms with E-state index in [1.54, 1.807) is 6.07 Å². The molecule has 1 aromatic carbocycles. The van der Waals surface area contributed by atoms with Crippen molar-refractivity contribution in [3.63, 3.8) is 0 Å². The summed E-state index contributed by atoms with van der Waals surface area (Å²) in [5.74, 6) is -0.347. The minimum absolute atomic E-state index is 0.125. The van der Waals surface area contributed by atoms with E-state index in [2.05, 4.69) is 10.2 Å². The second-order valence-electron chi connectivity index (χ2n) is 5.59. The van der Waals surface area contributed by atoms with Crippen molar-refractivity contribution in [2.45, 2.75) is 25.3 Å². The fraction of sp³-hybridized carbons (Fsp3) is 0.600. The zero-order chi connectivity index (χ0) is 13.2. The van der Waals surface area contributed by atoms with Crippen LogP contribution in [-0.2, 0) is 0 Å². The Balaban J connectivity index is 1.87. The SMILES string of the molecule is Fc1ccc(C(C2CC2)N2CCCNCC2)c(F)c1. The Kier molecular flexibility index (Phi) is 3.80. The molecule has 1 saturated carbocycles. The van der Waals surface area contributed by atoms with E-state index >= 15 is 0 Å². The maximum atomic E-state index is 14.1. The zero-order valence-electron chi connectivity index (χ0n) is 11.0. The van der Waals surface area contributed by atoms with Gasteiger partial charge in [-0.3, -0.25) is 4.90 Å². The van der Waals surface area contributed by atoms with Gasteiger partial charge >= 0.3 is 0 Å². The molecular formula is C15H20F2N2. The van der Waals surface area contributed by atoms with Crippen molar-refractivity contribution in [2.24, 2.45) is 5.92 Å². The van der Waals surface area contributed by atoms with Gasteiger partial charge in [0.25, 0.3) is 0 Å². The summed E-state index contributed by atoms with van der Waals surface area (Å²) in [6, 6.07) is 4.15. The average Bonchev–Trinajstić information content (AvgIpc) is 3.20. The molecule has 0 bridgehead atoms. The highest BCUT2D eigenvalue weighted by Crippen LogP contribution is 2.45. The van der Waals surface area contributed by atoms with Crippen LogP contribution < -0.4 is 5.32 Å². The van der Waals surface area contributed by atoms with Crippen LogP contribution in [-0.4, -0.2) is 31.1 Å². The predicted molar refractivity (Wildman–Crippen MR) is 70.9 cm³/mol. The third-order valence-corrected chi connectivity index (χ3v) is 4.12. The number of hydrogen-bond acceptors (Lipinski definition) is 2. The topological polar surface area (TPSA) is 15.3 Å². The van der Waals surface area contributed by atoms with Gasteiger partial charge in [0.15, 0.2) is 0 Å². The first-order valence-electron chi connectivity index (χ1n) is 7.15. The molecule has 0 radical (unpaired) electrons. The van der Waals surface area contributed by atoms with Crippen molar-refractivity contribution < 1.29 is 8.78 Å². The van der Waals surface area contributed by atoms with Crippen LogP contribution in [0.15, 0.2) is 18.2 Å². The summed E-state index contributed by atoms with van der Waals surface area (Å²) in [6.45, 7) is 3.91. The number of halogens is 2. The van der Waals surface area contributed by atoms with Crippen molar-refractivity contribution in [3.05, 3.63) is 35.4 Å². The minimum Gasteiger partial charge on any atom is -0.315 e. The van der Waals surface area contributed by atoms with E-state index in [1.165, 1.54) is 6.07 Å². The molecule has 2 fully saturated rings. The van der Waals surface area contributed by atoms with Gasteiger partial charge < -0.3 is 5.32 Å². The highest BCUT2D eigenvalue weighted by molar-refractivity contribution is 5.24. The van der Waals surface area contributed by atoms with E-state index in [9.17, 15) is 8.78 Å². The Labute approximate surface area is 112 Å². The molecule has 1 aromatic rings. The van der Waals surface area contributed by atoms with Gasteiger partial charge in [0, 0.05) is 37.3 Å². The average molecular weight is 266 g/mol. The van der Waals surface area contributed by atoms with Gasteiger partial charge in [-0.1, -0.05) is 6.07 Å². The molecule has 2 nitrogen and oxygen atoms in total. The fourth-order valence-corrected chi connectivity index (χ4v) is 3.05. The lowest BCUT2D eigenvalue weighted by Gasteiger charge is -2.31. The highest BCUT2D eigenvalue weighted by Gasteiger charge is 2.37. The van der Waals surface area contributed by atoms with Crippen molar-refractivity contribution in [3.8, 4) is 0 Å². The number of benzene rings is 1. The molecule has 1 saturated heterocycles. The summed E-state index contributed by atoms with van der Waals surface area (Å²) >= 11 is 0. The van der Waals surface area contributed by atoms with Crippen LogP contribution in [0.25, 0.3) is 0 Å². The van der Waals surface area contributed by atoms with Crippen molar-refractivity contribution in [1.82, 2.24) is 10.2 Å². The summed E-state index contributed by atoms with van der Waals surface area (Å²) in [7, 11) is 0. The molecule has 0 amide bonds. The standard InChI is InChI=1S/C15H20F2N2/c16-12-4-5-13(14(17)10-12)15(11-2-3-11)19-8-1-6-18-7-9-19/h4-5,10-11,15,18H,1-3,6-9H2. The molecule has 19 heavy (non-hydrogen) atoms. The number of hydrogen-bond donors (Lipinski definition) is 1. The summed E-state index contributed by atoms with van der Waals surface area (Å²) in [6.07, 6.45) is 3.41. The van der Waals surface area contributed by atoms with Gasteiger partial charge in [0.1, 0.15) is 11.6 Å². The molecule has 0 spiro atoms. The maximum absolute atomic E-state index is 14.1. The van der Waals surface area contributed by atoms with E-state index in [1.807, 2.05) is 0 Å². The zero-order valence-corrected chi connectivity index (χ0v) is 11.0. The lowest BCUT2D eigenvalue weighted by atomic mass is 9.99. The van der Waals surface area contributed by atoms with Crippen LogP contribution in [0.5, 0.6) is 0 Å². The van der Waals surface area contributed by atoms with E-state index in [-0.39, 0.29) is 6.04 Å². The van der Waals surface area contributed by atoms with Gasteiger partial charge in [-0.05, 0) is 37.8 Å². The van der Waals surface area contributed by atoms with Crippen molar-refractivity contribution >= 4 is 0 Å². The molecule has 0 aromatic heterocycles. The molecule has 3 rings (SSSR count). The molecule has 1 N–H and O–H groups in total. The highest BCUT2D eigenvalue weighted by atomic mass is 19.1. The van der Waals surface area contributed by atoms with Crippen LogP contribution in [0.1, 0.15) is 30.9 Å².